The lowest BCUT2D eigenvalue weighted by molar-refractivity contribution is 0.551. The Labute approximate surface area is 147 Å². The first-order valence-corrected chi connectivity index (χ1v) is 8.95. The molecule has 0 aliphatic rings. The average Bonchev–Trinajstić information content (AvgIpc) is 2.95. The monoisotopic (exact) mass is 383 g/mol. The largest absolute Gasteiger partial charge is 0.266 e. The lowest BCUT2D eigenvalue weighted by Gasteiger charge is -2.07. The second-order valence-electron chi connectivity index (χ2n) is 5.21. The number of halogens is 3. The minimum absolute atomic E-state index is 0.0256. The molecule has 2 aromatic carbocycles. The molecule has 1 heterocycles. The van der Waals surface area contributed by atoms with Gasteiger partial charge in [-0.05, 0) is 29.8 Å². The maximum atomic E-state index is 13.7. The molecular formula is C16H12ClF2N3O2S. The molecule has 5 nitrogen and oxygen atoms in total. The van der Waals surface area contributed by atoms with Crippen molar-refractivity contribution < 1.29 is 17.2 Å². The van der Waals surface area contributed by atoms with E-state index in [-0.39, 0.29) is 5.82 Å². The molecule has 3 rings (SSSR count). The second kappa shape index (κ2) is 6.81. The highest BCUT2D eigenvalue weighted by molar-refractivity contribution is 7.92. The van der Waals surface area contributed by atoms with E-state index in [0.29, 0.717) is 17.6 Å². The summed E-state index contributed by atoms with van der Waals surface area (Å²) in [6.07, 6.45) is 1.58. The topological polar surface area (TPSA) is 64.0 Å². The Morgan fingerprint density at radius 3 is 2.48 bits per heavy atom. The summed E-state index contributed by atoms with van der Waals surface area (Å²) >= 11 is 5.82. The van der Waals surface area contributed by atoms with Gasteiger partial charge in [0, 0.05) is 23.4 Å². The zero-order valence-corrected chi connectivity index (χ0v) is 14.2. The molecule has 0 aliphatic carbocycles. The van der Waals surface area contributed by atoms with Crippen LogP contribution in [0.1, 0.15) is 5.56 Å². The van der Waals surface area contributed by atoms with E-state index >= 15 is 0 Å². The van der Waals surface area contributed by atoms with Gasteiger partial charge in [-0.15, -0.1) is 0 Å². The summed E-state index contributed by atoms with van der Waals surface area (Å²) in [5, 5.41) is 4.69. The highest BCUT2D eigenvalue weighted by Gasteiger charge is 2.20. The fraction of sp³-hybridized carbons (Fsp3) is 0.0625. The van der Waals surface area contributed by atoms with E-state index < -0.39 is 26.6 Å². The Kier molecular flexibility index (Phi) is 4.73. The number of benzene rings is 2. The molecule has 0 amide bonds. The van der Waals surface area contributed by atoms with Crippen molar-refractivity contribution in [2.75, 3.05) is 4.72 Å². The van der Waals surface area contributed by atoms with Crippen LogP contribution in [0.3, 0.4) is 0 Å². The van der Waals surface area contributed by atoms with Crippen LogP contribution in [-0.2, 0) is 16.6 Å². The number of nitrogens with zero attached hydrogens (tertiary/aromatic N) is 2. The van der Waals surface area contributed by atoms with Crippen molar-refractivity contribution in [2.24, 2.45) is 0 Å². The second-order valence-corrected chi connectivity index (χ2v) is 7.29. The molecule has 0 saturated heterocycles. The molecule has 1 N–H and O–H groups in total. The van der Waals surface area contributed by atoms with Crippen LogP contribution in [0.2, 0.25) is 5.02 Å². The zero-order valence-electron chi connectivity index (χ0n) is 12.7. The third kappa shape index (κ3) is 4.15. The molecule has 0 bridgehead atoms. The van der Waals surface area contributed by atoms with Crippen molar-refractivity contribution in [3.8, 4) is 0 Å². The number of anilines is 1. The first-order chi connectivity index (χ1) is 11.8. The van der Waals surface area contributed by atoms with E-state index in [4.69, 9.17) is 11.6 Å². The van der Waals surface area contributed by atoms with Gasteiger partial charge >= 0.3 is 0 Å². The van der Waals surface area contributed by atoms with Crippen molar-refractivity contribution in [3.05, 3.63) is 76.9 Å². The predicted octanol–water partition coefficient (Wildman–Crippen LogP) is 3.66. The molecule has 0 fully saturated rings. The van der Waals surface area contributed by atoms with E-state index in [9.17, 15) is 17.2 Å². The molecule has 0 aliphatic heterocycles. The first-order valence-electron chi connectivity index (χ1n) is 7.09. The van der Waals surface area contributed by atoms with E-state index in [1.165, 1.54) is 10.7 Å². The Morgan fingerprint density at radius 1 is 1.08 bits per heavy atom. The lowest BCUT2D eigenvalue weighted by atomic mass is 10.2. The van der Waals surface area contributed by atoms with Gasteiger partial charge < -0.3 is 0 Å². The summed E-state index contributed by atoms with van der Waals surface area (Å²) < 4.78 is 54.7. The molecule has 0 atom stereocenters. The molecule has 0 radical (unpaired) electrons. The zero-order chi connectivity index (χ0) is 18.0. The number of sulfonamides is 1. The van der Waals surface area contributed by atoms with Crippen LogP contribution in [0.5, 0.6) is 0 Å². The first kappa shape index (κ1) is 17.4. The SMILES string of the molecule is O=S(=O)(Nc1ccn(Cc2ccc(Cl)cc2)n1)c1ccc(F)cc1F. The number of aromatic nitrogens is 2. The fourth-order valence-electron chi connectivity index (χ4n) is 2.17. The van der Waals surface area contributed by atoms with Gasteiger partial charge in [-0.25, -0.2) is 17.2 Å². The van der Waals surface area contributed by atoms with Gasteiger partial charge in [-0.2, -0.15) is 5.10 Å². The summed E-state index contributed by atoms with van der Waals surface area (Å²) in [4.78, 5) is -0.652. The maximum Gasteiger partial charge on any atom is 0.266 e. The summed E-state index contributed by atoms with van der Waals surface area (Å²) in [6, 6.07) is 10.8. The fourth-order valence-corrected chi connectivity index (χ4v) is 3.35. The summed E-state index contributed by atoms with van der Waals surface area (Å²) in [7, 11) is -4.21. The molecule has 3 aromatic rings. The highest BCUT2D eigenvalue weighted by atomic mass is 35.5. The van der Waals surface area contributed by atoms with Crippen LogP contribution in [0.25, 0.3) is 0 Å². The molecule has 1 aromatic heterocycles. The molecule has 9 heteroatoms. The normalized spacial score (nSPS) is 11.5. The van der Waals surface area contributed by atoms with Crippen LogP contribution in [-0.4, -0.2) is 18.2 Å². The quantitative estimate of drug-likeness (QED) is 0.731. The van der Waals surface area contributed by atoms with Gasteiger partial charge in [-0.1, -0.05) is 23.7 Å². The number of rotatable bonds is 5. The van der Waals surface area contributed by atoms with Crippen LogP contribution < -0.4 is 4.72 Å². The highest BCUT2D eigenvalue weighted by Crippen LogP contribution is 2.19. The maximum absolute atomic E-state index is 13.7. The summed E-state index contributed by atoms with van der Waals surface area (Å²) in [5.74, 6) is -2.01. The van der Waals surface area contributed by atoms with Gasteiger partial charge in [0.15, 0.2) is 5.82 Å². The summed E-state index contributed by atoms with van der Waals surface area (Å²) in [5.41, 5.74) is 0.923. The third-order valence-electron chi connectivity index (χ3n) is 3.32. The van der Waals surface area contributed by atoms with Crippen LogP contribution in [0.4, 0.5) is 14.6 Å². The number of hydrogen-bond acceptors (Lipinski definition) is 3. The van der Waals surface area contributed by atoms with Gasteiger partial charge in [0.1, 0.15) is 16.5 Å². The minimum Gasteiger partial charge on any atom is -0.266 e. The Hall–Kier alpha value is -2.45. The molecule has 0 saturated carbocycles. The van der Waals surface area contributed by atoms with Crippen molar-refractivity contribution in [3.63, 3.8) is 0 Å². The minimum atomic E-state index is -4.21. The Morgan fingerprint density at radius 2 is 1.80 bits per heavy atom. The molecule has 130 valence electrons. The van der Waals surface area contributed by atoms with Crippen molar-refractivity contribution in [1.82, 2.24) is 9.78 Å². The predicted molar refractivity (Wildman–Crippen MR) is 89.9 cm³/mol. The van der Waals surface area contributed by atoms with Crippen LogP contribution in [0, 0.1) is 11.6 Å². The smallest absolute Gasteiger partial charge is 0.266 e. The van der Waals surface area contributed by atoms with E-state index in [2.05, 4.69) is 9.82 Å². The van der Waals surface area contributed by atoms with Gasteiger partial charge in [0.05, 0.1) is 6.54 Å². The van der Waals surface area contributed by atoms with Crippen LogP contribution in [0.15, 0.2) is 59.6 Å². The molecule has 0 unspecified atom stereocenters. The van der Waals surface area contributed by atoms with Crippen molar-refractivity contribution in [1.29, 1.82) is 0 Å². The van der Waals surface area contributed by atoms with Gasteiger partial charge in [0.25, 0.3) is 10.0 Å². The standard InChI is InChI=1S/C16H12ClF2N3O2S/c17-12-3-1-11(2-4-12)10-22-8-7-16(20-22)21-25(23,24)15-6-5-13(18)9-14(15)19/h1-9H,10H2,(H,20,21). The Balaban J connectivity index is 1.77. The van der Waals surface area contributed by atoms with Crippen LogP contribution >= 0.6 is 11.6 Å². The molecule has 0 spiro atoms. The Bertz CT molecular complexity index is 1000. The average molecular weight is 384 g/mol. The van der Waals surface area contributed by atoms with Gasteiger partial charge in [-0.3, -0.25) is 9.40 Å². The molecule has 25 heavy (non-hydrogen) atoms. The third-order valence-corrected chi connectivity index (χ3v) is 4.96. The lowest BCUT2D eigenvalue weighted by Crippen LogP contribution is -2.15. The van der Waals surface area contributed by atoms with E-state index in [1.54, 1.807) is 18.3 Å². The van der Waals surface area contributed by atoms with E-state index in [1.807, 2.05) is 12.1 Å². The number of hydrogen-bond donors (Lipinski definition) is 1. The molecular weight excluding hydrogens is 372 g/mol. The number of nitrogens with one attached hydrogen (secondary N) is 1. The van der Waals surface area contributed by atoms with Crippen molar-refractivity contribution >= 4 is 27.4 Å². The van der Waals surface area contributed by atoms with Gasteiger partial charge in [0.2, 0.25) is 0 Å². The van der Waals surface area contributed by atoms with Crippen molar-refractivity contribution in [2.45, 2.75) is 11.4 Å². The summed E-state index contributed by atoms with van der Waals surface area (Å²) in [6.45, 7) is 0.407. The van der Waals surface area contributed by atoms with E-state index in [0.717, 1.165) is 17.7 Å².